The Labute approximate surface area is 154 Å². The molecule has 1 aliphatic rings. The Morgan fingerprint density at radius 2 is 2.19 bits per heavy atom. The van der Waals surface area contributed by atoms with Gasteiger partial charge in [0, 0.05) is 30.6 Å². The third-order valence-electron chi connectivity index (χ3n) is 4.02. The van der Waals surface area contributed by atoms with Crippen LogP contribution in [0, 0.1) is 10.1 Å². The van der Waals surface area contributed by atoms with Crippen molar-refractivity contribution < 1.29 is 19.2 Å². The number of thiazole rings is 1. The number of non-ortho nitro benzene ring substituents is 1. The summed E-state index contributed by atoms with van der Waals surface area (Å²) in [5.74, 6) is -0.596. The number of carbonyl (C=O) groups is 1. The second-order valence-electron chi connectivity index (χ2n) is 5.72. The van der Waals surface area contributed by atoms with Gasteiger partial charge in [-0.05, 0) is 12.5 Å². The van der Waals surface area contributed by atoms with Crippen molar-refractivity contribution >= 4 is 28.7 Å². The number of rotatable bonds is 6. The maximum absolute atomic E-state index is 12.6. The lowest BCUT2D eigenvalue weighted by Gasteiger charge is -2.30. The van der Waals surface area contributed by atoms with Crippen molar-refractivity contribution in [3.63, 3.8) is 0 Å². The standard InChI is InChI=1S/C17H19N3O5S/c1-2-16-18-12(11-26-16)10-25-17(21)14-9-13(20(22)23)3-4-15(14)19-5-7-24-8-6-19/h3-4,9,11H,2,5-8,10H2,1H3. The van der Waals surface area contributed by atoms with Crippen molar-refractivity contribution in [2.45, 2.75) is 20.0 Å². The minimum absolute atomic E-state index is 0.0422. The highest BCUT2D eigenvalue weighted by molar-refractivity contribution is 7.09. The van der Waals surface area contributed by atoms with Gasteiger partial charge in [-0.2, -0.15) is 0 Å². The van der Waals surface area contributed by atoms with Crippen LogP contribution in [-0.2, 0) is 22.5 Å². The summed E-state index contributed by atoms with van der Waals surface area (Å²) < 4.78 is 10.7. The number of hydrogen-bond acceptors (Lipinski definition) is 8. The summed E-state index contributed by atoms with van der Waals surface area (Å²) in [5.41, 5.74) is 1.35. The second-order valence-corrected chi connectivity index (χ2v) is 6.66. The minimum atomic E-state index is -0.596. The van der Waals surface area contributed by atoms with Crippen LogP contribution in [0.25, 0.3) is 0 Å². The Balaban J connectivity index is 1.81. The van der Waals surface area contributed by atoms with E-state index in [9.17, 15) is 14.9 Å². The smallest absolute Gasteiger partial charge is 0.340 e. The van der Waals surface area contributed by atoms with Crippen LogP contribution < -0.4 is 4.90 Å². The molecule has 9 heteroatoms. The maximum atomic E-state index is 12.6. The van der Waals surface area contributed by atoms with E-state index in [0.29, 0.717) is 37.7 Å². The molecule has 0 saturated carbocycles. The van der Waals surface area contributed by atoms with Crippen LogP contribution in [-0.4, -0.2) is 42.2 Å². The van der Waals surface area contributed by atoms with E-state index >= 15 is 0 Å². The molecule has 0 atom stereocenters. The van der Waals surface area contributed by atoms with Crippen LogP contribution in [0.15, 0.2) is 23.6 Å². The average molecular weight is 377 g/mol. The molecule has 0 unspecified atom stereocenters. The third kappa shape index (κ3) is 4.17. The molecule has 1 saturated heterocycles. The van der Waals surface area contributed by atoms with Gasteiger partial charge in [0.2, 0.25) is 0 Å². The molecule has 0 spiro atoms. The van der Waals surface area contributed by atoms with E-state index in [1.807, 2.05) is 17.2 Å². The van der Waals surface area contributed by atoms with Gasteiger partial charge in [-0.3, -0.25) is 10.1 Å². The van der Waals surface area contributed by atoms with Crippen LogP contribution >= 0.6 is 11.3 Å². The summed E-state index contributed by atoms with van der Waals surface area (Å²) in [4.78, 5) is 29.5. The van der Waals surface area contributed by atoms with Crippen LogP contribution in [0.2, 0.25) is 0 Å². The molecule has 0 N–H and O–H groups in total. The van der Waals surface area contributed by atoms with Gasteiger partial charge in [0.15, 0.2) is 0 Å². The number of nitrogens with zero attached hydrogens (tertiary/aromatic N) is 3. The van der Waals surface area contributed by atoms with Crippen molar-refractivity contribution in [1.82, 2.24) is 4.98 Å². The molecule has 8 nitrogen and oxygen atoms in total. The first kappa shape index (κ1) is 18.3. The quantitative estimate of drug-likeness (QED) is 0.434. The van der Waals surface area contributed by atoms with Crippen molar-refractivity contribution in [2.24, 2.45) is 0 Å². The highest BCUT2D eigenvalue weighted by atomic mass is 32.1. The van der Waals surface area contributed by atoms with Gasteiger partial charge in [0.25, 0.3) is 5.69 Å². The summed E-state index contributed by atoms with van der Waals surface area (Å²) in [6.07, 6.45) is 0.824. The van der Waals surface area contributed by atoms with E-state index in [1.165, 1.54) is 23.5 Å². The third-order valence-corrected chi connectivity index (χ3v) is 5.06. The molecular weight excluding hydrogens is 358 g/mol. The van der Waals surface area contributed by atoms with E-state index in [4.69, 9.17) is 9.47 Å². The molecule has 2 heterocycles. The molecule has 1 aromatic carbocycles. The Kier molecular flexibility index (Phi) is 5.79. The van der Waals surface area contributed by atoms with Crippen molar-refractivity contribution in [3.05, 3.63) is 50.0 Å². The zero-order chi connectivity index (χ0) is 18.5. The van der Waals surface area contributed by atoms with Gasteiger partial charge in [0.1, 0.15) is 6.61 Å². The van der Waals surface area contributed by atoms with Gasteiger partial charge in [-0.1, -0.05) is 6.92 Å². The molecular formula is C17H19N3O5S. The van der Waals surface area contributed by atoms with E-state index in [1.54, 1.807) is 6.07 Å². The SMILES string of the molecule is CCc1nc(COC(=O)c2cc([N+](=O)[O-])ccc2N2CCOCC2)cs1. The Morgan fingerprint density at radius 3 is 2.85 bits per heavy atom. The Hall–Kier alpha value is -2.52. The molecule has 138 valence electrons. The lowest BCUT2D eigenvalue weighted by Crippen LogP contribution is -2.37. The number of anilines is 1. The van der Waals surface area contributed by atoms with Crippen LogP contribution in [0.1, 0.15) is 28.0 Å². The monoisotopic (exact) mass is 377 g/mol. The van der Waals surface area contributed by atoms with Gasteiger partial charge >= 0.3 is 5.97 Å². The van der Waals surface area contributed by atoms with Crippen LogP contribution in [0.3, 0.4) is 0 Å². The first-order chi connectivity index (χ1) is 12.6. The molecule has 1 fully saturated rings. The fraction of sp³-hybridized carbons (Fsp3) is 0.412. The second kappa shape index (κ2) is 8.24. The highest BCUT2D eigenvalue weighted by Gasteiger charge is 2.23. The summed E-state index contributed by atoms with van der Waals surface area (Å²) in [6, 6.07) is 4.26. The Morgan fingerprint density at radius 1 is 1.42 bits per heavy atom. The fourth-order valence-corrected chi connectivity index (χ4v) is 3.41. The van der Waals surface area contributed by atoms with Crippen molar-refractivity contribution in [3.8, 4) is 0 Å². The number of nitro benzene ring substituents is 1. The average Bonchev–Trinajstić information content (AvgIpc) is 3.14. The van der Waals surface area contributed by atoms with Gasteiger partial charge < -0.3 is 14.4 Å². The molecule has 2 aromatic rings. The number of carbonyl (C=O) groups excluding carboxylic acids is 1. The minimum Gasteiger partial charge on any atom is -0.455 e. The van der Waals surface area contributed by atoms with E-state index in [2.05, 4.69) is 4.98 Å². The van der Waals surface area contributed by atoms with E-state index in [-0.39, 0.29) is 17.9 Å². The molecule has 0 amide bonds. The number of hydrogen-bond donors (Lipinski definition) is 0. The Bertz CT molecular complexity index is 801. The lowest BCUT2D eigenvalue weighted by molar-refractivity contribution is -0.384. The zero-order valence-electron chi connectivity index (χ0n) is 14.3. The molecule has 0 bridgehead atoms. The number of benzene rings is 1. The lowest BCUT2D eigenvalue weighted by atomic mass is 10.1. The van der Waals surface area contributed by atoms with Gasteiger partial charge in [-0.25, -0.2) is 9.78 Å². The zero-order valence-corrected chi connectivity index (χ0v) is 15.2. The number of aryl methyl sites for hydroxylation is 1. The number of nitro groups is 1. The van der Waals surface area contributed by atoms with Crippen molar-refractivity contribution in [1.29, 1.82) is 0 Å². The number of aromatic nitrogens is 1. The summed E-state index contributed by atoms with van der Waals surface area (Å²) in [6.45, 7) is 4.37. The fourth-order valence-electron chi connectivity index (χ4n) is 2.68. The summed E-state index contributed by atoms with van der Waals surface area (Å²) >= 11 is 1.52. The highest BCUT2D eigenvalue weighted by Crippen LogP contribution is 2.27. The first-order valence-electron chi connectivity index (χ1n) is 8.30. The number of esters is 1. The van der Waals surface area contributed by atoms with E-state index in [0.717, 1.165) is 11.4 Å². The topological polar surface area (TPSA) is 94.8 Å². The molecule has 1 aromatic heterocycles. The van der Waals surface area contributed by atoms with E-state index < -0.39 is 10.9 Å². The maximum Gasteiger partial charge on any atom is 0.340 e. The summed E-state index contributed by atoms with van der Waals surface area (Å²) in [7, 11) is 0. The predicted octanol–water partition coefficient (Wildman–Crippen LogP) is 2.81. The largest absolute Gasteiger partial charge is 0.455 e. The van der Waals surface area contributed by atoms with Crippen LogP contribution in [0.5, 0.6) is 0 Å². The number of ether oxygens (including phenoxy) is 2. The normalized spacial score (nSPS) is 14.3. The number of morpholine rings is 1. The molecule has 1 aliphatic heterocycles. The molecule has 3 rings (SSSR count). The molecule has 0 aliphatic carbocycles. The summed E-state index contributed by atoms with van der Waals surface area (Å²) in [5, 5.41) is 13.9. The predicted molar refractivity (Wildman–Crippen MR) is 96.7 cm³/mol. The van der Waals surface area contributed by atoms with Gasteiger partial charge in [-0.15, -0.1) is 11.3 Å². The molecule has 0 radical (unpaired) electrons. The molecule has 26 heavy (non-hydrogen) atoms. The van der Waals surface area contributed by atoms with Crippen molar-refractivity contribution in [2.75, 3.05) is 31.2 Å². The van der Waals surface area contributed by atoms with Crippen LogP contribution in [0.4, 0.5) is 11.4 Å². The van der Waals surface area contributed by atoms with Gasteiger partial charge in [0.05, 0.1) is 40.1 Å². The first-order valence-corrected chi connectivity index (χ1v) is 9.18.